The van der Waals surface area contributed by atoms with Crippen molar-refractivity contribution in [1.82, 2.24) is 10.3 Å². The molecule has 0 saturated heterocycles. The lowest BCUT2D eigenvalue weighted by molar-refractivity contribution is -0.139. The number of rotatable bonds is 6. The van der Waals surface area contributed by atoms with E-state index in [9.17, 15) is 31.6 Å². The van der Waals surface area contributed by atoms with Gasteiger partial charge in [0.1, 0.15) is 5.54 Å². The van der Waals surface area contributed by atoms with Crippen molar-refractivity contribution in [3.05, 3.63) is 48.2 Å². The number of hydrogen-bond donors (Lipinski definition) is 1. The van der Waals surface area contributed by atoms with Crippen LogP contribution in [-0.2, 0) is 25.5 Å². The van der Waals surface area contributed by atoms with E-state index >= 15 is 0 Å². The summed E-state index contributed by atoms with van der Waals surface area (Å²) in [7, 11) is -3.14. The molecule has 1 heterocycles. The standard InChI is InChI=1S/C23H22F3N3O4S/c1-33-19-12-15(11-16(19)21(30)29-22(13-27)7-8-22)34(31,32)20-6-5-14(10-17(20)23(24,25)26)18-4-2-3-9-28-18/h2-6,9-10,15-16,19H,7-8,11-12H2,1H3,(H,29,30)/t15-,16-,19?/m1/s1. The number of nitrogens with one attached hydrogen (secondary N) is 1. The molecule has 1 N–H and O–H groups in total. The number of ether oxygens (including phenoxy) is 1. The topological polar surface area (TPSA) is 109 Å². The van der Waals surface area contributed by atoms with Gasteiger partial charge in [0.25, 0.3) is 0 Å². The first kappa shape index (κ1) is 24.2. The average molecular weight is 494 g/mol. The highest BCUT2D eigenvalue weighted by Gasteiger charge is 2.51. The van der Waals surface area contributed by atoms with Gasteiger partial charge >= 0.3 is 6.18 Å². The number of aromatic nitrogens is 1. The third kappa shape index (κ3) is 4.52. The van der Waals surface area contributed by atoms with Crippen LogP contribution in [0.4, 0.5) is 13.2 Å². The fourth-order valence-electron chi connectivity index (χ4n) is 4.33. The van der Waals surface area contributed by atoms with Crippen molar-refractivity contribution in [2.45, 2.75) is 53.6 Å². The number of carbonyl (C=O) groups excluding carboxylic acids is 1. The normalized spacial score (nSPS) is 23.8. The summed E-state index contributed by atoms with van der Waals surface area (Å²) in [6, 6.07) is 9.82. The molecule has 1 aromatic heterocycles. The van der Waals surface area contributed by atoms with Crippen LogP contribution < -0.4 is 5.32 Å². The molecule has 7 nitrogen and oxygen atoms in total. The molecule has 1 unspecified atom stereocenters. The highest BCUT2D eigenvalue weighted by Crippen LogP contribution is 2.42. The SMILES string of the molecule is COC1C[C@H](S(=O)(=O)c2ccc(-c3ccccn3)cc2C(F)(F)F)C[C@H]1C(=O)NC1(C#N)CC1. The van der Waals surface area contributed by atoms with Gasteiger partial charge in [-0.25, -0.2) is 8.42 Å². The second kappa shape index (κ2) is 8.67. The van der Waals surface area contributed by atoms with Gasteiger partial charge in [0.15, 0.2) is 9.84 Å². The third-order valence-electron chi connectivity index (χ3n) is 6.42. The molecule has 1 amide bonds. The van der Waals surface area contributed by atoms with Crippen molar-refractivity contribution in [3.8, 4) is 17.3 Å². The highest BCUT2D eigenvalue weighted by molar-refractivity contribution is 7.92. The van der Waals surface area contributed by atoms with E-state index in [0.717, 1.165) is 12.1 Å². The van der Waals surface area contributed by atoms with E-state index in [2.05, 4.69) is 10.3 Å². The molecule has 2 saturated carbocycles. The first-order valence-corrected chi connectivity index (χ1v) is 12.2. The van der Waals surface area contributed by atoms with Crippen LogP contribution in [0.15, 0.2) is 47.5 Å². The zero-order valence-corrected chi connectivity index (χ0v) is 19.0. The van der Waals surface area contributed by atoms with Crippen LogP contribution >= 0.6 is 0 Å². The maximum atomic E-state index is 13.9. The van der Waals surface area contributed by atoms with E-state index in [-0.39, 0.29) is 24.1 Å². The van der Waals surface area contributed by atoms with Crippen LogP contribution in [-0.4, -0.2) is 43.3 Å². The number of alkyl halides is 3. The van der Waals surface area contributed by atoms with Gasteiger partial charge in [-0.2, -0.15) is 18.4 Å². The quantitative estimate of drug-likeness (QED) is 0.660. The van der Waals surface area contributed by atoms with Crippen LogP contribution in [0.1, 0.15) is 31.2 Å². The van der Waals surface area contributed by atoms with Crippen LogP contribution in [0, 0.1) is 17.2 Å². The Kier molecular flexibility index (Phi) is 6.16. The number of carbonyl (C=O) groups is 1. The Hall–Kier alpha value is -2.97. The first-order valence-electron chi connectivity index (χ1n) is 10.6. The molecular weight excluding hydrogens is 471 g/mol. The number of nitrogens with zero attached hydrogens (tertiary/aromatic N) is 2. The molecule has 0 radical (unpaired) electrons. The van der Waals surface area contributed by atoms with Crippen LogP contribution in [0.2, 0.25) is 0 Å². The number of methoxy groups -OCH3 is 1. The maximum absolute atomic E-state index is 13.9. The Morgan fingerprint density at radius 3 is 2.53 bits per heavy atom. The van der Waals surface area contributed by atoms with E-state index in [1.807, 2.05) is 6.07 Å². The predicted octanol–water partition coefficient (Wildman–Crippen LogP) is 3.51. The molecule has 2 fully saturated rings. The number of amides is 1. The first-order chi connectivity index (χ1) is 16.0. The van der Waals surface area contributed by atoms with Crippen molar-refractivity contribution in [2.75, 3.05) is 7.11 Å². The summed E-state index contributed by atoms with van der Waals surface area (Å²) >= 11 is 0. The molecule has 1 aromatic carbocycles. The summed E-state index contributed by atoms with van der Waals surface area (Å²) in [6.45, 7) is 0. The minimum atomic E-state index is -4.92. The Labute approximate surface area is 194 Å². The number of benzene rings is 1. The largest absolute Gasteiger partial charge is 0.417 e. The van der Waals surface area contributed by atoms with Crippen molar-refractivity contribution in [1.29, 1.82) is 5.26 Å². The maximum Gasteiger partial charge on any atom is 0.417 e. The molecule has 0 spiro atoms. The fourth-order valence-corrected chi connectivity index (χ4v) is 6.34. The van der Waals surface area contributed by atoms with Gasteiger partial charge in [-0.05, 0) is 49.9 Å². The summed E-state index contributed by atoms with van der Waals surface area (Å²) in [5, 5.41) is 10.6. The van der Waals surface area contributed by atoms with E-state index < -0.39 is 55.2 Å². The van der Waals surface area contributed by atoms with E-state index in [0.29, 0.717) is 12.8 Å². The lowest BCUT2D eigenvalue weighted by Gasteiger charge is -2.19. The molecule has 0 aliphatic heterocycles. The van der Waals surface area contributed by atoms with Crippen molar-refractivity contribution < 1.29 is 31.1 Å². The summed E-state index contributed by atoms with van der Waals surface area (Å²) < 4.78 is 73.9. The van der Waals surface area contributed by atoms with Gasteiger partial charge in [-0.15, -0.1) is 0 Å². The van der Waals surface area contributed by atoms with Gasteiger partial charge in [-0.3, -0.25) is 9.78 Å². The minimum Gasteiger partial charge on any atom is -0.381 e. The molecule has 180 valence electrons. The Morgan fingerprint density at radius 1 is 1.24 bits per heavy atom. The number of pyridine rings is 1. The number of hydrogen-bond acceptors (Lipinski definition) is 6. The van der Waals surface area contributed by atoms with Crippen LogP contribution in [0.25, 0.3) is 11.3 Å². The van der Waals surface area contributed by atoms with E-state index in [1.165, 1.54) is 25.4 Å². The number of sulfone groups is 1. The number of halogens is 3. The van der Waals surface area contributed by atoms with Crippen molar-refractivity contribution in [3.63, 3.8) is 0 Å². The summed E-state index contributed by atoms with van der Waals surface area (Å²) in [6.07, 6.45) is -3.62. The van der Waals surface area contributed by atoms with Gasteiger partial charge in [-0.1, -0.05) is 12.1 Å². The lowest BCUT2D eigenvalue weighted by atomic mass is 10.0. The summed E-state index contributed by atoms with van der Waals surface area (Å²) in [5.74, 6) is -1.41. The Morgan fingerprint density at radius 2 is 1.97 bits per heavy atom. The molecule has 4 rings (SSSR count). The molecule has 2 aliphatic rings. The second-order valence-corrected chi connectivity index (χ2v) is 10.8. The van der Waals surface area contributed by atoms with Gasteiger partial charge in [0.05, 0.1) is 39.5 Å². The molecule has 2 aromatic rings. The summed E-state index contributed by atoms with van der Waals surface area (Å²) in [5.41, 5.74) is -1.81. The molecule has 0 bridgehead atoms. The van der Waals surface area contributed by atoms with Crippen LogP contribution in [0.3, 0.4) is 0 Å². The molecule has 3 atom stereocenters. The monoisotopic (exact) mass is 493 g/mol. The van der Waals surface area contributed by atoms with Gasteiger partial charge in [0.2, 0.25) is 5.91 Å². The van der Waals surface area contributed by atoms with E-state index in [1.54, 1.807) is 12.1 Å². The molecule has 34 heavy (non-hydrogen) atoms. The molecular formula is C23H22F3N3O4S. The zero-order chi connectivity index (χ0) is 24.7. The third-order valence-corrected chi connectivity index (χ3v) is 8.65. The molecule has 2 aliphatic carbocycles. The smallest absolute Gasteiger partial charge is 0.381 e. The minimum absolute atomic E-state index is 0.129. The fraction of sp³-hybridized carbons (Fsp3) is 0.435. The second-order valence-electron chi connectivity index (χ2n) is 8.63. The Balaban J connectivity index is 1.66. The van der Waals surface area contributed by atoms with Gasteiger partial charge < -0.3 is 10.1 Å². The van der Waals surface area contributed by atoms with Gasteiger partial charge in [0, 0.05) is 18.9 Å². The average Bonchev–Trinajstić information content (AvgIpc) is 3.44. The van der Waals surface area contributed by atoms with Crippen molar-refractivity contribution >= 4 is 15.7 Å². The Bertz CT molecular complexity index is 1240. The van der Waals surface area contributed by atoms with Crippen LogP contribution in [0.5, 0.6) is 0 Å². The van der Waals surface area contributed by atoms with E-state index in [4.69, 9.17) is 4.74 Å². The zero-order valence-electron chi connectivity index (χ0n) is 18.2. The number of nitriles is 1. The lowest BCUT2D eigenvalue weighted by Crippen LogP contribution is -2.42. The summed E-state index contributed by atoms with van der Waals surface area (Å²) in [4.78, 5) is 15.9. The highest BCUT2D eigenvalue weighted by atomic mass is 32.2. The van der Waals surface area contributed by atoms with Crippen molar-refractivity contribution in [2.24, 2.45) is 5.92 Å². The molecule has 11 heteroatoms. The predicted molar refractivity (Wildman–Crippen MR) is 115 cm³/mol.